The maximum absolute atomic E-state index is 6.01. The fourth-order valence-corrected chi connectivity index (χ4v) is 2.79. The van der Waals surface area contributed by atoms with Crippen molar-refractivity contribution in [1.29, 1.82) is 0 Å². The zero-order chi connectivity index (χ0) is 12.1. The van der Waals surface area contributed by atoms with Crippen LogP contribution in [-0.2, 0) is 4.74 Å². The molecule has 0 radical (unpaired) electrons. The van der Waals surface area contributed by atoms with E-state index >= 15 is 0 Å². The van der Waals surface area contributed by atoms with E-state index in [0.717, 1.165) is 18.5 Å². The van der Waals surface area contributed by atoms with Crippen LogP contribution in [0.1, 0.15) is 25.7 Å². The van der Waals surface area contributed by atoms with E-state index in [0.29, 0.717) is 6.54 Å². The van der Waals surface area contributed by atoms with Gasteiger partial charge in [0.25, 0.3) is 0 Å². The minimum atomic E-state index is -0.103. The van der Waals surface area contributed by atoms with E-state index in [2.05, 4.69) is 17.4 Å². The summed E-state index contributed by atoms with van der Waals surface area (Å²) in [5, 5.41) is 3.60. The first-order valence-corrected chi connectivity index (χ1v) is 6.37. The third-order valence-corrected chi connectivity index (χ3v) is 3.77. The van der Waals surface area contributed by atoms with Gasteiger partial charge < -0.3 is 15.8 Å². The van der Waals surface area contributed by atoms with E-state index in [1.54, 1.807) is 7.11 Å². The largest absolute Gasteiger partial charge is 0.379 e. The number of methoxy groups -OCH3 is 1. The molecule has 2 rings (SSSR count). The summed E-state index contributed by atoms with van der Waals surface area (Å²) in [4.78, 5) is 0. The summed E-state index contributed by atoms with van der Waals surface area (Å²) >= 11 is 0. The molecule has 0 bridgehead atoms. The summed E-state index contributed by atoms with van der Waals surface area (Å²) in [6, 6.07) is 10.3. The molecule has 17 heavy (non-hydrogen) atoms. The second-order valence-corrected chi connectivity index (χ2v) is 4.82. The van der Waals surface area contributed by atoms with Crippen LogP contribution in [0.25, 0.3) is 0 Å². The van der Waals surface area contributed by atoms with Crippen LogP contribution < -0.4 is 11.1 Å². The number of hydrogen-bond donors (Lipinski definition) is 2. The third kappa shape index (κ3) is 2.61. The Morgan fingerprint density at radius 1 is 1.35 bits per heavy atom. The number of para-hydroxylation sites is 1. The minimum absolute atomic E-state index is 0.103. The normalized spacial score (nSPS) is 28.9. The monoisotopic (exact) mass is 234 g/mol. The Hall–Kier alpha value is -1.06. The second-order valence-electron chi connectivity index (χ2n) is 4.82. The standard InChI is InChI=1S/C14H22N2O/c1-17-13-9-5-6-10-14(13,11-15)16-12-7-3-2-4-8-12/h2-4,7-8,13,16H,5-6,9-11,15H2,1H3. The fraction of sp³-hybridized carbons (Fsp3) is 0.571. The SMILES string of the molecule is COC1CCCCC1(CN)Nc1ccccc1. The number of nitrogens with two attached hydrogens (primary N) is 1. The van der Waals surface area contributed by atoms with Crippen LogP contribution in [0.2, 0.25) is 0 Å². The Kier molecular flexibility index (Phi) is 4.02. The average molecular weight is 234 g/mol. The van der Waals surface area contributed by atoms with Crippen molar-refractivity contribution < 1.29 is 4.74 Å². The average Bonchev–Trinajstić information content (AvgIpc) is 2.40. The van der Waals surface area contributed by atoms with E-state index in [-0.39, 0.29) is 11.6 Å². The highest BCUT2D eigenvalue weighted by molar-refractivity contribution is 5.46. The van der Waals surface area contributed by atoms with Crippen molar-refractivity contribution in [3.63, 3.8) is 0 Å². The number of rotatable bonds is 4. The molecule has 1 saturated carbocycles. The molecule has 0 aromatic heterocycles. The van der Waals surface area contributed by atoms with Crippen LogP contribution in [0.15, 0.2) is 30.3 Å². The second kappa shape index (κ2) is 5.52. The molecular formula is C14H22N2O. The van der Waals surface area contributed by atoms with Crippen molar-refractivity contribution >= 4 is 5.69 Å². The summed E-state index contributed by atoms with van der Waals surface area (Å²) in [5.74, 6) is 0. The van der Waals surface area contributed by atoms with E-state index in [4.69, 9.17) is 10.5 Å². The quantitative estimate of drug-likeness (QED) is 0.841. The van der Waals surface area contributed by atoms with Gasteiger partial charge in [0.1, 0.15) is 0 Å². The molecular weight excluding hydrogens is 212 g/mol. The smallest absolute Gasteiger partial charge is 0.0813 e. The molecule has 3 heteroatoms. The zero-order valence-electron chi connectivity index (χ0n) is 10.5. The Morgan fingerprint density at radius 2 is 2.12 bits per heavy atom. The molecule has 94 valence electrons. The van der Waals surface area contributed by atoms with Gasteiger partial charge >= 0.3 is 0 Å². The van der Waals surface area contributed by atoms with Crippen molar-refractivity contribution in [2.45, 2.75) is 37.3 Å². The molecule has 1 aliphatic rings. The van der Waals surface area contributed by atoms with Crippen molar-refractivity contribution in [2.75, 3.05) is 19.0 Å². The van der Waals surface area contributed by atoms with Gasteiger partial charge in [0.05, 0.1) is 11.6 Å². The first kappa shape index (κ1) is 12.4. The number of ether oxygens (including phenoxy) is 1. The summed E-state index contributed by atoms with van der Waals surface area (Å²) < 4.78 is 5.63. The summed E-state index contributed by atoms with van der Waals surface area (Å²) in [6.45, 7) is 0.612. The third-order valence-electron chi connectivity index (χ3n) is 3.77. The number of benzene rings is 1. The van der Waals surface area contributed by atoms with Crippen LogP contribution in [0, 0.1) is 0 Å². The Morgan fingerprint density at radius 3 is 2.76 bits per heavy atom. The summed E-state index contributed by atoms with van der Waals surface area (Å²) in [7, 11) is 1.78. The van der Waals surface area contributed by atoms with Gasteiger partial charge in [0.15, 0.2) is 0 Å². The minimum Gasteiger partial charge on any atom is -0.379 e. The van der Waals surface area contributed by atoms with Crippen LogP contribution in [0.5, 0.6) is 0 Å². The van der Waals surface area contributed by atoms with Gasteiger partial charge in [-0.1, -0.05) is 31.0 Å². The van der Waals surface area contributed by atoms with Gasteiger partial charge in [-0.3, -0.25) is 0 Å². The number of nitrogens with one attached hydrogen (secondary N) is 1. The lowest BCUT2D eigenvalue weighted by Gasteiger charge is -2.44. The Labute approximate surface area is 103 Å². The molecule has 0 spiro atoms. The van der Waals surface area contributed by atoms with Gasteiger partial charge in [-0.05, 0) is 25.0 Å². The van der Waals surface area contributed by atoms with Gasteiger partial charge in [0, 0.05) is 19.3 Å². The fourth-order valence-electron chi connectivity index (χ4n) is 2.79. The summed E-state index contributed by atoms with van der Waals surface area (Å²) in [6.07, 6.45) is 4.83. The number of hydrogen-bond acceptors (Lipinski definition) is 3. The molecule has 0 amide bonds. The lowest BCUT2D eigenvalue weighted by atomic mass is 9.78. The predicted molar refractivity (Wildman–Crippen MR) is 71.1 cm³/mol. The highest BCUT2D eigenvalue weighted by atomic mass is 16.5. The van der Waals surface area contributed by atoms with Gasteiger partial charge in [-0.25, -0.2) is 0 Å². The lowest BCUT2D eigenvalue weighted by Crippen LogP contribution is -2.57. The lowest BCUT2D eigenvalue weighted by molar-refractivity contribution is 0.0190. The van der Waals surface area contributed by atoms with Crippen molar-refractivity contribution in [3.05, 3.63) is 30.3 Å². The molecule has 0 heterocycles. The first-order chi connectivity index (χ1) is 8.30. The molecule has 1 fully saturated rings. The van der Waals surface area contributed by atoms with Crippen molar-refractivity contribution in [2.24, 2.45) is 5.73 Å². The van der Waals surface area contributed by atoms with E-state index in [1.807, 2.05) is 18.2 Å². The molecule has 2 unspecified atom stereocenters. The first-order valence-electron chi connectivity index (χ1n) is 6.37. The topological polar surface area (TPSA) is 47.3 Å². The molecule has 3 N–H and O–H groups in total. The van der Waals surface area contributed by atoms with Crippen LogP contribution in [0.4, 0.5) is 5.69 Å². The molecule has 1 aromatic carbocycles. The molecule has 0 aliphatic heterocycles. The molecule has 3 nitrogen and oxygen atoms in total. The molecule has 0 saturated heterocycles. The van der Waals surface area contributed by atoms with E-state index < -0.39 is 0 Å². The van der Waals surface area contributed by atoms with Crippen LogP contribution >= 0.6 is 0 Å². The molecule has 1 aromatic rings. The predicted octanol–water partition coefficient (Wildman–Crippen LogP) is 2.39. The summed E-state index contributed by atoms with van der Waals surface area (Å²) in [5.41, 5.74) is 7.03. The Bertz CT molecular complexity index is 341. The molecule has 1 aliphatic carbocycles. The Balaban J connectivity index is 2.17. The number of anilines is 1. The van der Waals surface area contributed by atoms with Gasteiger partial charge in [-0.2, -0.15) is 0 Å². The highest BCUT2D eigenvalue weighted by Gasteiger charge is 2.39. The maximum Gasteiger partial charge on any atom is 0.0813 e. The highest BCUT2D eigenvalue weighted by Crippen LogP contribution is 2.33. The van der Waals surface area contributed by atoms with E-state index in [1.165, 1.54) is 12.8 Å². The zero-order valence-corrected chi connectivity index (χ0v) is 10.5. The van der Waals surface area contributed by atoms with Gasteiger partial charge in [-0.15, -0.1) is 0 Å². The van der Waals surface area contributed by atoms with Crippen molar-refractivity contribution in [3.8, 4) is 0 Å². The van der Waals surface area contributed by atoms with Crippen LogP contribution in [0.3, 0.4) is 0 Å². The van der Waals surface area contributed by atoms with Crippen LogP contribution in [-0.4, -0.2) is 25.3 Å². The van der Waals surface area contributed by atoms with Crippen molar-refractivity contribution in [1.82, 2.24) is 0 Å². The molecule has 2 atom stereocenters. The van der Waals surface area contributed by atoms with Gasteiger partial charge in [0.2, 0.25) is 0 Å². The maximum atomic E-state index is 6.01. The van der Waals surface area contributed by atoms with E-state index in [9.17, 15) is 0 Å².